The van der Waals surface area contributed by atoms with Gasteiger partial charge in [-0.3, -0.25) is 9.59 Å². The molecule has 0 radical (unpaired) electrons. The standard InChI is InChI=1S/C13H14INO5/c14-9-6-4-8(5-7-9)12(18)15-10(13(19)20)2-1-3-11(16)17/h4-7,10H,1-3H2,(H,15,18)(H,16,17)(H,19,20)/t10-/m1/s1. The second kappa shape index (κ2) is 7.83. The van der Waals surface area contributed by atoms with Gasteiger partial charge in [0, 0.05) is 15.6 Å². The lowest BCUT2D eigenvalue weighted by Crippen LogP contribution is -2.40. The van der Waals surface area contributed by atoms with Crippen LogP contribution in [0.4, 0.5) is 0 Å². The molecule has 0 saturated carbocycles. The summed E-state index contributed by atoms with van der Waals surface area (Å²) >= 11 is 2.10. The molecule has 1 amide bonds. The van der Waals surface area contributed by atoms with E-state index in [-0.39, 0.29) is 19.3 Å². The van der Waals surface area contributed by atoms with Crippen molar-refractivity contribution in [2.75, 3.05) is 0 Å². The van der Waals surface area contributed by atoms with Crippen LogP contribution in [0.1, 0.15) is 29.6 Å². The maximum atomic E-state index is 11.9. The van der Waals surface area contributed by atoms with Crippen molar-refractivity contribution in [3.05, 3.63) is 33.4 Å². The summed E-state index contributed by atoms with van der Waals surface area (Å²) in [7, 11) is 0. The number of amides is 1. The molecule has 1 aromatic rings. The number of hydrogen-bond donors (Lipinski definition) is 3. The van der Waals surface area contributed by atoms with Gasteiger partial charge in [-0.05, 0) is 59.7 Å². The Balaban J connectivity index is 2.60. The summed E-state index contributed by atoms with van der Waals surface area (Å²) in [6, 6.07) is 5.62. The van der Waals surface area contributed by atoms with Gasteiger partial charge in [-0.2, -0.15) is 0 Å². The van der Waals surface area contributed by atoms with Crippen molar-refractivity contribution in [1.82, 2.24) is 5.32 Å². The van der Waals surface area contributed by atoms with Crippen LogP contribution in [0, 0.1) is 3.57 Å². The summed E-state index contributed by atoms with van der Waals surface area (Å²) in [5, 5.41) is 19.9. The van der Waals surface area contributed by atoms with E-state index in [2.05, 4.69) is 27.9 Å². The fourth-order valence-corrected chi connectivity index (χ4v) is 1.92. The van der Waals surface area contributed by atoms with E-state index in [1.54, 1.807) is 24.3 Å². The Hall–Kier alpha value is -1.64. The first-order chi connectivity index (χ1) is 9.40. The van der Waals surface area contributed by atoms with Gasteiger partial charge in [0.25, 0.3) is 5.91 Å². The minimum absolute atomic E-state index is 0.0811. The van der Waals surface area contributed by atoms with Crippen LogP contribution in [0.15, 0.2) is 24.3 Å². The molecular formula is C13H14INO5. The number of rotatable bonds is 7. The van der Waals surface area contributed by atoms with Crippen molar-refractivity contribution < 1.29 is 24.6 Å². The zero-order chi connectivity index (χ0) is 15.1. The monoisotopic (exact) mass is 391 g/mol. The molecule has 6 nitrogen and oxygen atoms in total. The summed E-state index contributed by atoms with van der Waals surface area (Å²) in [6.07, 6.45) is 0.153. The highest BCUT2D eigenvalue weighted by Crippen LogP contribution is 2.08. The first-order valence-electron chi connectivity index (χ1n) is 5.91. The van der Waals surface area contributed by atoms with Gasteiger partial charge in [-0.15, -0.1) is 0 Å². The minimum atomic E-state index is -1.17. The number of carbonyl (C=O) groups excluding carboxylic acids is 1. The molecule has 0 aliphatic heterocycles. The van der Waals surface area contributed by atoms with Crippen molar-refractivity contribution in [1.29, 1.82) is 0 Å². The maximum Gasteiger partial charge on any atom is 0.326 e. The molecule has 0 aliphatic carbocycles. The quantitative estimate of drug-likeness (QED) is 0.615. The number of carboxylic acid groups (broad SMARTS) is 2. The van der Waals surface area contributed by atoms with Crippen LogP contribution in [0.3, 0.4) is 0 Å². The molecule has 0 aromatic heterocycles. The number of carbonyl (C=O) groups is 3. The van der Waals surface area contributed by atoms with Gasteiger partial charge in [0.15, 0.2) is 0 Å². The molecule has 0 heterocycles. The van der Waals surface area contributed by atoms with E-state index in [0.717, 1.165) is 3.57 Å². The molecule has 20 heavy (non-hydrogen) atoms. The van der Waals surface area contributed by atoms with Crippen molar-refractivity contribution >= 4 is 40.4 Å². The van der Waals surface area contributed by atoms with E-state index in [9.17, 15) is 14.4 Å². The molecule has 1 atom stereocenters. The first-order valence-corrected chi connectivity index (χ1v) is 6.99. The topological polar surface area (TPSA) is 104 Å². The van der Waals surface area contributed by atoms with E-state index >= 15 is 0 Å². The van der Waals surface area contributed by atoms with E-state index in [1.165, 1.54) is 0 Å². The van der Waals surface area contributed by atoms with Crippen LogP contribution in [-0.4, -0.2) is 34.1 Å². The maximum absolute atomic E-state index is 11.9. The van der Waals surface area contributed by atoms with Gasteiger partial charge in [0.1, 0.15) is 6.04 Å². The normalized spacial score (nSPS) is 11.7. The number of hydrogen-bond acceptors (Lipinski definition) is 3. The second-order valence-electron chi connectivity index (χ2n) is 4.16. The number of nitrogens with one attached hydrogen (secondary N) is 1. The lowest BCUT2D eigenvalue weighted by Gasteiger charge is -2.14. The highest BCUT2D eigenvalue weighted by Gasteiger charge is 2.20. The molecule has 0 aliphatic rings. The number of aliphatic carboxylic acids is 2. The van der Waals surface area contributed by atoms with E-state index < -0.39 is 23.9 Å². The smallest absolute Gasteiger partial charge is 0.326 e. The molecule has 0 unspecified atom stereocenters. The zero-order valence-corrected chi connectivity index (χ0v) is 12.7. The molecule has 3 N–H and O–H groups in total. The first kappa shape index (κ1) is 16.4. The highest BCUT2D eigenvalue weighted by molar-refractivity contribution is 14.1. The average Bonchev–Trinajstić information content (AvgIpc) is 2.37. The highest BCUT2D eigenvalue weighted by atomic mass is 127. The van der Waals surface area contributed by atoms with Crippen LogP contribution < -0.4 is 5.32 Å². The Morgan fingerprint density at radius 1 is 1.15 bits per heavy atom. The van der Waals surface area contributed by atoms with Gasteiger partial charge >= 0.3 is 11.9 Å². The second-order valence-corrected chi connectivity index (χ2v) is 5.40. The van der Waals surface area contributed by atoms with Gasteiger partial charge in [-0.1, -0.05) is 0 Å². The summed E-state index contributed by atoms with van der Waals surface area (Å²) in [5.74, 6) is -2.64. The van der Waals surface area contributed by atoms with Crippen LogP contribution >= 0.6 is 22.6 Å². The van der Waals surface area contributed by atoms with Gasteiger partial charge in [0.05, 0.1) is 0 Å². The predicted octanol–water partition coefficient (Wildman–Crippen LogP) is 1.73. The lowest BCUT2D eigenvalue weighted by molar-refractivity contribution is -0.140. The van der Waals surface area contributed by atoms with E-state index in [4.69, 9.17) is 10.2 Å². The van der Waals surface area contributed by atoms with E-state index in [1.807, 2.05) is 0 Å². The third-order valence-corrected chi connectivity index (χ3v) is 3.31. The van der Waals surface area contributed by atoms with Crippen LogP contribution in [-0.2, 0) is 9.59 Å². The van der Waals surface area contributed by atoms with Crippen molar-refractivity contribution in [2.45, 2.75) is 25.3 Å². The summed E-state index contributed by atoms with van der Waals surface area (Å²) in [6.45, 7) is 0. The van der Waals surface area contributed by atoms with E-state index in [0.29, 0.717) is 5.56 Å². The Morgan fingerprint density at radius 2 is 1.75 bits per heavy atom. The van der Waals surface area contributed by atoms with Crippen LogP contribution in [0.2, 0.25) is 0 Å². The molecule has 108 valence electrons. The average molecular weight is 391 g/mol. The van der Waals surface area contributed by atoms with Crippen molar-refractivity contribution in [2.24, 2.45) is 0 Å². The predicted molar refractivity (Wildman–Crippen MR) is 79.5 cm³/mol. The van der Waals surface area contributed by atoms with Gasteiger partial charge < -0.3 is 15.5 Å². The van der Waals surface area contributed by atoms with Crippen LogP contribution in [0.25, 0.3) is 0 Å². The lowest BCUT2D eigenvalue weighted by atomic mass is 10.1. The molecule has 7 heteroatoms. The third kappa shape index (κ3) is 5.55. The zero-order valence-electron chi connectivity index (χ0n) is 10.5. The van der Waals surface area contributed by atoms with Crippen LogP contribution in [0.5, 0.6) is 0 Å². The Bertz CT molecular complexity index is 500. The molecule has 1 aromatic carbocycles. The Labute approximate surface area is 129 Å². The minimum Gasteiger partial charge on any atom is -0.481 e. The molecule has 0 bridgehead atoms. The summed E-state index contributed by atoms with van der Waals surface area (Å²) in [5.41, 5.74) is 0.370. The fourth-order valence-electron chi connectivity index (χ4n) is 1.56. The van der Waals surface area contributed by atoms with Gasteiger partial charge in [0.2, 0.25) is 0 Å². The SMILES string of the molecule is O=C(O)CCC[C@@H](NC(=O)c1ccc(I)cc1)C(=O)O. The molecule has 0 saturated heterocycles. The largest absolute Gasteiger partial charge is 0.481 e. The van der Waals surface area contributed by atoms with Gasteiger partial charge in [-0.25, -0.2) is 4.79 Å². The Morgan fingerprint density at radius 3 is 2.25 bits per heavy atom. The Kier molecular flexibility index (Phi) is 6.43. The number of halogens is 1. The van der Waals surface area contributed by atoms with Crippen molar-refractivity contribution in [3.8, 4) is 0 Å². The summed E-state index contributed by atoms with van der Waals surface area (Å²) in [4.78, 5) is 33.3. The number of carboxylic acids is 2. The summed E-state index contributed by atoms with van der Waals surface area (Å²) < 4.78 is 0.968. The fraction of sp³-hybridized carbons (Fsp3) is 0.308. The number of benzene rings is 1. The molecule has 0 spiro atoms. The third-order valence-electron chi connectivity index (χ3n) is 2.59. The van der Waals surface area contributed by atoms with Crippen molar-refractivity contribution in [3.63, 3.8) is 0 Å². The molecule has 0 fully saturated rings. The molecule has 1 rings (SSSR count). The molecular weight excluding hydrogens is 377 g/mol.